The van der Waals surface area contributed by atoms with E-state index in [1.165, 1.54) is 26.0 Å². The number of rotatable bonds is 3. The van der Waals surface area contributed by atoms with Gasteiger partial charge >= 0.3 is 0 Å². The number of aryl methyl sites for hydroxylation is 1. The predicted octanol–water partition coefficient (Wildman–Crippen LogP) is 3.78. The van der Waals surface area contributed by atoms with Crippen molar-refractivity contribution in [3.8, 4) is 11.3 Å². The second-order valence-electron chi connectivity index (χ2n) is 9.71. The Morgan fingerprint density at radius 3 is 2.42 bits per heavy atom. The summed E-state index contributed by atoms with van der Waals surface area (Å²) in [4.78, 5) is 33.8. The molecule has 0 atom stereocenters. The summed E-state index contributed by atoms with van der Waals surface area (Å²) < 4.78 is 19.2. The lowest BCUT2D eigenvalue weighted by Crippen LogP contribution is -2.64. The molecule has 0 radical (unpaired) electrons. The van der Waals surface area contributed by atoms with Gasteiger partial charge in [-0.25, -0.2) is 9.37 Å². The highest BCUT2D eigenvalue weighted by Crippen LogP contribution is 2.30. The van der Waals surface area contributed by atoms with Crippen LogP contribution < -0.4 is 0 Å². The third-order valence-electron chi connectivity index (χ3n) is 5.97. The Morgan fingerprint density at radius 2 is 1.82 bits per heavy atom. The molecule has 0 spiro atoms. The van der Waals surface area contributed by atoms with Gasteiger partial charge in [-0.1, -0.05) is 0 Å². The first-order chi connectivity index (χ1) is 15.4. The van der Waals surface area contributed by atoms with E-state index in [2.05, 4.69) is 4.98 Å². The van der Waals surface area contributed by atoms with E-state index in [1.807, 2.05) is 26.8 Å². The van der Waals surface area contributed by atoms with Gasteiger partial charge < -0.3 is 19.3 Å². The number of amides is 2. The largest absolute Gasteiger partial charge is 0.449 e. The van der Waals surface area contributed by atoms with Gasteiger partial charge in [0, 0.05) is 31.3 Å². The number of fused-ring (bicyclic) bond motifs is 1. The van der Waals surface area contributed by atoms with Gasteiger partial charge in [0.2, 0.25) is 0 Å². The van der Waals surface area contributed by atoms with E-state index in [4.69, 9.17) is 4.42 Å². The van der Waals surface area contributed by atoms with Crippen LogP contribution in [0.25, 0.3) is 22.4 Å². The molecule has 0 aliphatic carbocycles. The number of hydrogen-bond acceptors (Lipinski definition) is 5. The van der Waals surface area contributed by atoms with E-state index in [-0.39, 0.29) is 23.4 Å². The second-order valence-corrected chi connectivity index (χ2v) is 9.71. The average Bonchev–Trinajstić information content (AvgIpc) is 3.17. The zero-order valence-electron chi connectivity index (χ0n) is 19.5. The van der Waals surface area contributed by atoms with Crippen molar-refractivity contribution in [2.45, 2.75) is 45.8 Å². The van der Waals surface area contributed by atoms with Crippen molar-refractivity contribution in [2.24, 2.45) is 0 Å². The van der Waals surface area contributed by atoms with Crippen molar-refractivity contribution in [2.75, 3.05) is 19.6 Å². The highest BCUT2D eigenvalue weighted by Gasteiger charge is 2.42. The molecule has 3 heterocycles. The molecule has 2 amide bonds. The maximum absolute atomic E-state index is 13.4. The molecule has 1 aliphatic heterocycles. The number of pyridine rings is 1. The van der Waals surface area contributed by atoms with Crippen LogP contribution in [0.15, 0.2) is 40.8 Å². The van der Waals surface area contributed by atoms with E-state index in [0.29, 0.717) is 36.4 Å². The molecule has 33 heavy (non-hydrogen) atoms. The van der Waals surface area contributed by atoms with E-state index in [0.717, 1.165) is 11.1 Å². The van der Waals surface area contributed by atoms with Gasteiger partial charge in [-0.15, -0.1) is 0 Å². The minimum atomic E-state index is -1.47. The smallest absolute Gasteiger partial charge is 0.290 e. The lowest BCUT2D eigenvalue weighted by molar-refractivity contribution is -0.152. The number of aliphatic hydroxyl groups is 1. The van der Waals surface area contributed by atoms with Crippen molar-refractivity contribution in [3.05, 3.63) is 53.5 Å². The molecule has 174 valence electrons. The van der Waals surface area contributed by atoms with Crippen LogP contribution in [-0.4, -0.2) is 62.5 Å². The molecular formula is C25H28FN3O4. The molecule has 7 nitrogen and oxygen atoms in total. The number of piperazine rings is 1. The summed E-state index contributed by atoms with van der Waals surface area (Å²) in [5, 5.41) is 10.1. The molecule has 3 aromatic rings. The maximum atomic E-state index is 13.4. The minimum absolute atomic E-state index is 0.173. The molecule has 0 unspecified atom stereocenters. The van der Waals surface area contributed by atoms with Crippen LogP contribution in [0.4, 0.5) is 4.39 Å². The van der Waals surface area contributed by atoms with Crippen LogP contribution in [0.5, 0.6) is 0 Å². The Labute approximate surface area is 191 Å². The maximum Gasteiger partial charge on any atom is 0.290 e. The van der Waals surface area contributed by atoms with Gasteiger partial charge in [0.15, 0.2) is 11.3 Å². The summed E-state index contributed by atoms with van der Waals surface area (Å²) in [5.41, 5.74) is 1.20. The first kappa shape index (κ1) is 22.9. The monoisotopic (exact) mass is 453 g/mol. The molecular weight excluding hydrogens is 425 g/mol. The molecule has 8 heteroatoms. The van der Waals surface area contributed by atoms with Crippen LogP contribution in [-0.2, 0) is 4.79 Å². The molecule has 0 bridgehead atoms. The van der Waals surface area contributed by atoms with Crippen molar-refractivity contribution < 1.29 is 23.5 Å². The quantitative estimate of drug-likeness (QED) is 0.652. The Bertz CT molecular complexity index is 1220. The van der Waals surface area contributed by atoms with Crippen LogP contribution in [0, 0.1) is 12.7 Å². The Kier molecular flexibility index (Phi) is 5.52. The average molecular weight is 454 g/mol. The van der Waals surface area contributed by atoms with E-state index < -0.39 is 11.1 Å². The Morgan fingerprint density at radius 1 is 1.15 bits per heavy atom. The zero-order chi connectivity index (χ0) is 24.1. The summed E-state index contributed by atoms with van der Waals surface area (Å²) >= 11 is 0. The fourth-order valence-corrected chi connectivity index (χ4v) is 4.28. The number of hydrogen-bond donors (Lipinski definition) is 1. The summed E-state index contributed by atoms with van der Waals surface area (Å²) in [6.45, 7) is 9.50. The first-order valence-corrected chi connectivity index (χ1v) is 10.9. The van der Waals surface area contributed by atoms with Gasteiger partial charge in [-0.2, -0.15) is 0 Å². The van der Waals surface area contributed by atoms with E-state index >= 15 is 0 Å². The lowest BCUT2D eigenvalue weighted by atomic mass is 9.96. The van der Waals surface area contributed by atoms with Crippen molar-refractivity contribution in [1.82, 2.24) is 14.8 Å². The predicted molar refractivity (Wildman–Crippen MR) is 122 cm³/mol. The zero-order valence-corrected chi connectivity index (χ0v) is 19.5. The summed E-state index contributed by atoms with van der Waals surface area (Å²) in [6.07, 6.45) is 0. The van der Waals surface area contributed by atoms with E-state index in [1.54, 1.807) is 28.0 Å². The number of halogens is 1. The van der Waals surface area contributed by atoms with Crippen LogP contribution in [0.3, 0.4) is 0 Å². The van der Waals surface area contributed by atoms with Gasteiger partial charge in [0.05, 0.1) is 11.2 Å². The fourth-order valence-electron chi connectivity index (χ4n) is 4.28. The molecule has 0 saturated carbocycles. The van der Waals surface area contributed by atoms with Gasteiger partial charge in [0.1, 0.15) is 16.9 Å². The number of carbonyl (C=O) groups is 2. The van der Waals surface area contributed by atoms with Gasteiger partial charge in [0.25, 0.3) is 11.8 Å². The lowest BCUT2D eigenvalue weighted by Gasteiger charge is -2.47. The highest BCUT2D eigenvalue weighted by atomic mass is 19.1. The number of carbonyl (C=O) groups excluding carboxylic acids is 2. The number of aromatic nitrogens is 1. The summed E-state index contributed by atoms with van der Waals surface area (Å²) in [7, 11) is 0. The van der Waals surface area contributed by atoms with Crippen LogP contribution >= 0.6 is 0 Å². The minimum Gasteiger partial charge on any atom is -0.449 e. The number of furan rings is 1. The van der Waals surface area contributed by atoms with Crippen molar-refractivity contribution >= 4 is 22.9 Å². The van der Waals surface area contributed by atoms with Gasteiger partial charge in [-0.3, -0.25) is 9.59 Å². The topological polar surface area (TPSA) is 86.9 Å². The van der Waals surface area contributed by atoms with Crippen LogP contribution in [0.2, 0.25) is 0 Å². The summed E-state index contributed by atoms with van der Waals surface area (Å²) in [6, 6.07) is 9.55. The molecule has 1 saturated heterocycles. The third-order valence-corrected chi connectivity index (χ3v) is 5.97. The Hall–Kier alpha value is -3.26. The van der Waals surface area contributed by atoms with Crippen molar-refractivity contribution in [1.29, 1.82) is 0 Å². The summed E-state index contributed by atoms with van der Waals surface area (Å²) in [5.74, 6) is -0.789. The highest BCUT2D eigenvalue weighted by molar-refractivity contribution is 5.97. The molecule has 1 aliphatic rings. The van der Waals surface area contributed by atoms with Crippen molar-refractivity contribution in [3.63, 3.8) is 0 Å². The Balaban J connectivity index is 1.61. The first-order valence-electron chi connectivity index (χ1n) is 10.9. The fraction of sp³-hybridized carbons (Fsp3) is 0.400. The number of benzene rings is 1. The standard InChI is InChI=1S/C25H28FN3O4/c1-15-12-18(16-6-8-17(26)9-7-16)27-19-13-20(33-21(15)19)22(30)29-11-10-28(14-24(29,2)3)23(31)25(4,5)32/h6-9,12-13,32H,10-11,14H2,1-5H3. The SMILES string of the molecule is Cc1cc(-c2ccc(F)cc2)nc2cc(C(=O)N3CCN(C(=O)C(C)(C)O)CC3(C)C)oc12. The molecule has 1 aromatic carbocycles. The normalized spacial score (nSPS) is 16.3. The molecule has 2 aromatic heterocycles. The molecule has 1 N–H and O–H groups in total. The van der Waals surface area contributed by atoms with Gasteiger partial charge in [-0.05, 0) is 70.5 Å². The second kappa shape index (κ2) is 7.95. The van der Waals surface area contributed by atoms with Crippen LogP contribution in [0.1, 0.15) is 43.8 Å². The third kappa shape index (κ3) is 4.35. The number of nitrogens with zero attached hydrogens (tertiary/aromatic N) is 3. The van der Waals surface area contributed by atoms with E-state index in [9.17, 15) is 19.1 Å². The molecule has 1 fully saturated rings. The molecule has 4 rings (SSSR count).